The number of ether oxygens (including phenoxy) is 1. The summed E-state index contributed by atoms with van der Waals surface area (Å²) in [5, 5.41) is 4.57. The van der Waals surface area contributed by atoms with Crippen molar-refractivity contribution in [2.24, 2.45) is 0 Å². The minimum atomic E-state index is -3.71. The first-order valence-electron chi connectivity index (χ1n) is 8.38. The van der Waals surface area contributed by atoms with E-state index in [0.29, 0.717) is 28.2 Å². The third kappa shape index (κ3) is 4.53. The number of nitrogens with zero attached hydrogens (tertiary/aromatic N) is 4. The third-order valence-corrected chi connectivity index (χ3v) is 5.47. The van der Waals surface area contributed by atoms with Crippen molar-refractivity contribution >= 4 is 27.3 Å². The van der Waals surface area contributed by atoms with Gasteiger partial charge in [0.25, 0.3) is 10.0 Å². The van der Waals surface area contributed by atoms with Gasteiger partial charge in [-0.15, -0.1) is 0 Å². The van der Waals surface area contributed by atoms with Crippen LogP contribution in [-0.2, 0) is 10.0 Å². The molecule has 4 rings (SSSR count). The van der Waals surface area contributed by atoms with E-state index >= 15 is 0 Å². The maximum atomic E-state index is 12.4. The minimum Gasteiger partial charge on any atom is -0.439 e. The van der Waals surface area contributed by atoms with Crippen LogP contribution in [0.3, 0.4) is 0 Å². The summed E-state index contributed by atoms with van der Waals surface area (Å²) in [4.78, 5) is 8.33. The first-order chi connectivity index (χ1) is 14.0. The first kappa shape index (κ1) is 18.9. The Morgan fingerprint density at radius 2 is 1.76 bits per heavy atom. The van der Waals surface area contributed by atoms with Gasteiger partial charge in [0, 0.05) is 29.2 Å². The maximum absolute atomic E-state index is 12.4. The molecule has 10 heteroatoms. The predicted octanol–water partition coefficient (Wildman–Crippen LogP) is 3.91. The first-order valence-corrected chi connectivity index (χ1v) is 10.2. The average Bonchev–Trinajstić information content (AvgIpc) is 3.25. The van der Waals surface area contributed by atoms with Crippen molar-refractivity contribution in [3.05, 3.63) is 84.4 Å². The topological polar surface area (TPSA) is 99.0 Å². The minimum absolute atomic E-state index is 0.120. The molecule has 0 spiro atoms. The van der Waals surface area contributed by atoms with E-state index in [2.05, 4.69) is 19.8 Å². The molecular weight excluding hydrogens is 414 g/mol. The van der Waals surface area contributed by atoms with E-state index in [1.807, 2.05) is 0 Å². The molecule has 0 atom stereocenters. The quantitative estimate of drug-likeness (QED) is 0.501. The zero-order chi connectivity index (χ0) is 20.3. The number of sulfonamides is 1. The molecule has 0 bridgehead atoms. The molecule has 0 unspecified atom stereocenters. The monoisotopic (exact) mass is 427 g/mol. The van der Waals surface area contributed by atoms with Crippen LogP contribution in [0.15, 0.2) is 84.3 Å². The van der Waals surface area contributed by atoms with Gasteiger partial charge in [0.1, 0.15) is 12.1 Å². The van der Waals surface area contributed by atoms with Crippen molar-refractivity contribution < 1.29 is 13.2 Å². The molecule has 29 heavy (non-hydrogen) atoms. The molecule has 2 aromatic heterocycles. The SMILES string of the molecule is O=S(=O)(Nc1ccc(Oc2cc(-n3cccn3)ncn2)cc1)c1ccc(Cl)cc1. The number of halogens is 1. The molecule has 8 nitrogen and oxygen atoms in total. The van der Waals surface area contributed by atoms with Gasteiger partial charge in [0.05, 0.1) is 4.90 Å². The Labute approximate surface area is 171 Å². The van der Waals surface area contributed by atoms with Gasteiger partial charge in [-0.3, -0.25) is 4.72 Å². The van der Waals surface area contributed by atoms with E-state index in [1.165, 1.54) is 30.6 Å². The zero-order valence-corrected chi connectivity index (χ0v) is 16.4. The number of anilines is 1. The molecule has 0 radical (unpaired) electrons. The van der Waals surface area contributed by atoms with Crippen molar-refractivity contribution in [1.82, 2.24) is 19.7 Å². The van der Waals surface area contributed by atoms with E-state index in [1.54, 1.807) is 53.5 Å². The highest BCUT2D eigenvalue weighted by molar-refractivity contribution is 7.92. The standard InChI is InChI=1S/C19H14ClN5O3S/c20-14-2-8-17(9-3-14)29(26,27)24-15-4-6-16(7-5-15)28-19-12-18(21-13-22-19)25-11-1-10-23-25/h1-13,24H. The van der Waals surface area contributed by atoms with Crippen LogP contribution in [0.1, 0.15) is 0 Å². The molecule has 0 aliphatic rings. The van der Waals surface area contributed by atoms with Gasteiger partial charge >= 0.3 is 0 Å². The zero-order valence-electron chi connectivity index (χ0n) is 14.8. The predicted molar refractivity (Wildman–Crippen MR) is 108 cm³/mol. The number of hydrogen-bond acceptors (Lipinski definition) is 6. The Morgan fingerprint density at radius 3 is 2.45 bits per heavy atom. The lowest BCUT2D eigenvalue weighted by Gasteiger charge is -2.10. The second-order valence-corrected chi connectivity index (χ2v) is 7.97. The van der Waals surface area contributed by atoms with E-state index in [-0.39, 0.29) is 4.90 Å². The summed E-state index contributed by atoms with van der Waals surface area (Å²) in [7, 11) is -3.71. The maximum Gasteiger partial charge on any atom is 0.261 e. The fourth-order valence-electron chi connectivity index (χ4n) is 2.45. The van der Waals surface area contributed by atoms with E-state index in [4.69, 9.17) is 16.3 Å². The Morgan fingerprint density at radius 1 is 1.00 bits per heavy atom. The Kier molecular flexibility index (Phi) is 5.15. The average molecular weight is 428 g/mol. The van der Waals surface area contributed by atoms with Crippen LogP contribution in [-0.4, -0.2) is 28.2 Å². The molecule has 2 aromatic carbocycles. The molecule has 0 amide bonds. The normalized spacial score (nSPS) is 11.2. The summed E-state index contributed by atoms with van der Waals surface area (Å²) >= 11 is 5.80. The lowest BCUT2D eigenvalue weighted by atomic mass is 10.3. The van der Waals surface area contributed by atoms with Crippen LogP contribution in [0.5, 0.6) is 11.6 Å². The smallest absolute Gasteiger partial charge is 0.261 e. The summed E-state index contributed by atoms with van der Waals surface area (Å²) < 4.78 is 34.7. The van der Waals surface area contributed by atoms with E-state index in [9.17, 15) is 8.42 Å². The van der Waals surface area contributed by atoms with Crippen LogP contribution in [0, 0.1) is 0 Å². The lowest BCUT2D eigenvalue weighted by Crippen LogP contribution is -2.12. The van der Waals surface area contributed by atoms with Crippen molar-refractivity contribution in [3.8, 4) is 17.4 Å². The fourth-order valence-corrected chi connectivity index (χ4v) is 3.64. The number of aromatic nitrogens is 4. The molecule has 0 saturated carbocycles. The molecule has 2 heterocycles. The molecule has 0 fully saturated rings. The molecule has 0 aliphatic heterocycles. The van der Waals surface area contributed by atoms with Crippen LogP contribution >= 0.6 is 11.6 Å². The van der Waals surface area contributed by atoms with Gasteiger partial charge in [-0.1, -0.05) is 11.6 Å². The molecular formula is C19H14ClN5O3S. The van der Waals surface area contributed by atoms with Gasteiger partial charge in [0.15, 0.2) is 5.82 Å². The second-order valence-electron chi connectivity index (χ2n) is 5.85. The Balaban J connectivity index is 1.47. The summed E-state index contributed by atoms with van der Waals surface area (Å²) in [6, 6.07) is 15.8. The second kappa shape index (κ2) is 7.90. The Bertz CT molecular complexity index is 1210. The highest BCUT2D eigenvalue weighted by atomic mass is 35.5. The molecule has 0 aliphatic carbocycles. The number of nitrogens with one attached hydrogen (secondary N) is 1. The molecule has 0 saturated heterocycles. The third-order valence-electron chi connectivity index (χ3n) is 3.82. The van der Waals surface area contributed by atoms with Gasteiger partial charge in [-0.05, 0) is 54.6 Å². The van der Waals surface area contributed by atoms with Crippen molar-refractivity contribution in [2.75, 3.05) is 4.72 Å². The van der Waals surface area contributed by atoms with Crippen LogP contribution < -0.4 is 9.46 Å². The fraction of sp³-hybridized carbons (Fsp3) is 0. The van der Waals surface area contributed by atoms with Gasteiger partial charge in [0.2, 0.25) is 5.88 Å². The lowest BCUT2D eigenvalue weighted by molar-refractivity contribution is 0.460. The number of rotatable bonds is 6. The number of benzene rings is 2. The summed E-state index contributed by atoms with van der Waals surface area (Å²) in [5.74, 6) is 1.39. The summed E-state index contributed by atoms with van der Waals surface area (Å²) in [6.07, 6.45) is 4.78. The van der Waals surface area contributed by atoms with Gasteiger partial charge in [-0.25, -0.2) is 23.1 Å². The highest BCUT2D eigenvalue weighted by Gasteiger charge is 2.14. The summed E-state index contributed by atoms with van der Waals surface area (Å²) in [6.45, 7) is 0. The largest absolute Gasteiger partial charge is 0.439 e. The van der Waals surface area contributed by atoms with Crippen molar-refractivity contribution in [3.63, 3.8) is 0 Å². The van der Waals surface area contributed by atoms with Crippen molar-refractivity contribution in [1.29, 1.82) is 0 Å². The molecule has 4 aromatic rings. The van der Waals surface area contributed by atoms with Gasteiger partial charge in [-0.2, -0.15) is 5.10 Å². The van der Waals surface area contributed by atoms with E-state index in [0.717, 1.165) is 0 Å². The highest BCUT2D eigenvalue weighted by Crippen LogP contribution is 2.24. The number of hydrogen-bond donors (Lipinski definition) is 1. The van der Waals surface area contributed by atoms with Gasteiger partial charge < -0.3 is 4.74 Å². The summed E-state index contributed by atoms with van der Waals surface area (Å²) in [5.41, 5.74) is 0.396. The molecule has 146 valence electrons. The Hall–Kier alpha value is -3.43. The molecule has 1 N–H and O–H groups in total. The van der Waals surface area contributed by atoms with Crippen LogP contribution in [0.4, 0.5) is 5.69 Å². The van der Waals surface area contributed by atoms with Crippen molar-refractivity contribution in [2.45, 2.75) is 4.90 Å². The van der Waals surface area contributed by atoms with E-state index < -0.39 is 10.0 Å². The van der Waals surface area contributed by atoms with Crippen LogP contribution in [0.2, 0.25) is 5.02 Å². The van der Waals surface area contributed by atoms with Crippen LogP contribution in [0.25, 0.3) is 5.82 Å².